The molecule has 0 spiro atoms. The average Bonchev–Trinajstić information content (AvgIpc) is 2.88. The molecule has 6 nitrogen and oxygen atoms in total. The highest BCUT2D eigenvalue weighted by molar-refractivity contribution is 6.01. The topological polar surface area (TPSA) is 74.3 Å². The van der Waals surface area contributed by atoms with E-state index in [2.05, 4.69) is 27.8 Å². The molecule has 4 rings (SSSR count). The second kappa shape index (κ2) is 12.2. The van der Waals surface area contributed by atoms with Crippen LogP contribution in [0.5, 0.6) is 0 Å². The second-order valence-electron chi connectivity index (χ2n) is 9.09. The van der Waals surface area contributed by atoms with Gasteiger partial charge in [-0.15, -0.1) is 0 Å². The number of anilines is 1. The lowest BCUT2D eigenvalue weighted by molar-refractivity contribution is -0.121. The highest BCUT2D eigenvalue weighted by Gasteiger charge is 2.22. The smallest absolute Gasteiger partial charge is 0.321 e. The Balaban J connectivity index is 1.10. The molecule has 6 heteroatoms. The Morgan fingerprint density at radius 2 is 1.79 bits per heavy atom. The number of urea groups is 1. The Kier molecular flexibility index (Phi) is 8.49. The lowest BCUT2D eigenvalue weighted by Crippen LogP contribution is -2.41. The van der Waals surface area contributed by atoms with E-state index in [1.165, 1.54) is 0 Å². The minimum absolute atomic E-state index is 0.0104. The number of hydrogen-bond acceptors (Lipinski definition) is 3. The lowest BCUT2D eigenvalue weighted by atomic mass is 9.91. The standard InChI is InChI=1S/C28H34N4O2/c33-27(14-13-23-8-6-17-29-21-23)30-18-4-3-7-22-15-19-32(20-16-22)28(34)31-26-12-5-10-24-9-1-2-11-25(24)26/h1-2,5-6,8-12,17,21-22H,3-4,7,13-16,18-20H2,(H,30,33)(H,31,34). The zero-order valence-electron chi connectivity index (χ0n) is 19.7. The van der Waals surface area contributed by atoms with Crippen LogP contribution in [0.4, 0.5) is 10.5 Å². The average molecular weight is 459 g/mol. The summed E-state index contributed by atoms with van der Waals surface area (Å²) in [5, 5.41) is 8.33. The Hall–Kier alpha value is -3.41. The van der Waals surface area contributed by atoms with Crippen molar-refractivity contribution in [3.05, 3.63) is 72.6 Å². The molecule has 3 amide bonds. The number of benzene rings is 2. The van der Waals surface area contributed by atoms with Crippen LogP contribution < -0.4 is 10.6 Å². The quantitative estimate of drug-likeness (QED) is 0.422. The number of rotatable bonds is 9. The molecule has 0 radical (unpaired) electrons. The molecular formula is C28H34N4O2. The number of aryl methyl sites for hydroxylation is 1. The number of carbonyl (C=O) groups is 2. The first-order chi connectivity index (χ1) is 16.7. The maximum atomic E-state index is 12.8. The van der Waals surface area contributed by atoms with Gasteiger partial charge in [0.15, 0.2) is 0 Å². The van der Waals surface area contributed by atoms with Crippen LogP contribution >= 0.6 is 0 Å². The van der Waals surface area contributed by atoms with E-state index in [1.807, 2.05) is 53.6 Å². The van der Waals surface area contributed by atoms with Crippen LogP contribution in [0.3, 0.4) is 0 Å². The molecule has 0 bridgehead atoms. The summed E-state index contributed by atoms with van der Waals surface area (Å²) >= 11 is 0. The molecule has 0 saturated carbocycles. The second-order valence-corrected chi connectivity index (χ2v) is 9.09. The zero-order chi connectivity index (χ0) is 23.6. The number of unbranched alkanes of at least 4 members (excludes halogenated alkanes) is 1. The summed E-state index contributed by atoms with van der Waals surface area (Å²) in [6, 6.07) is 18.0. The number of hydrogen-bond donors (Lipinski definition) is 2. The molecule has 2 aromatic carbocycles. The summed E-state index contributed by atoms with van der Waals surface area (Å²) < 4.78 is 0. The van der Waals surface area contributed by atoms with E-state index in [0.717, 1.165) is 80.2 Å². The number of nitrogens with zero attached hydrogens (tertiary/aromatic N) is 2. The fourth-order valence-corrected chi connectivity index (χ4v) is 4.63. The summed E-state index contributed by atoms with van der Waals surface area (Å²) in [6.07, 6.45) is 10.1. The largest absolute Gasteiger partial charge is 0.356 e. The Bertz CT molecular complexity index is 1070. The van der Waals surface area contributed by atoms with Gasteiger partial charge in [-0.3, -0.25) is 9.78 Å². The van der Waals surface area contributed by atoms with E-state index >= 15 is 0 Å². The minimum atomic E-state index is -0.0104. The first-order valence-electron chi connectivity index (χ1n) is 12.4. The van der Waals surface area contributed by atoms with Gasteiger partial charge in [-0.05, 0) is 54.7 Å². The van der Waals surface area contributed by atoms with Gasteiger partial charge < -0.3 is 15.5 Å². The fraction of sp³-hybridized carbons (Fsp3) is 0.393. The molecular weight excluding hydrogens is 424 g/mol. The van der Waals surface area contributed by atoms with Crippen LogP contribution in [0.1, 0.15) is 44.1 Å². The molecule has 2 N–H and O–H groups in total. The number of carbonyl (C=O) groups excluding carboxylic acids is 2. The first-order valence-corrected chi connectivity index (χ1v) is 12.4. The maximum Gasteiger partial charge on any atom is 0.321 e. The predicted molar refractivity (Wildman–Crippen MR) is 137 cm³/mol. The predicted octanol–water partition coefficient (Wildman–Crippen LogP) is 5.40. The number of pyridine rings is 1. The van der Waals surface area contributed by atoms with E-state index in [-0.39, 0.29) is 11.9 Å². The third kappa shape index (κ3) is 6.80. The van der Waals surface area contributed by atoms with Gasteiger partial charge in [0.1, 0.15) is 0 Å². The molecule has 178 valence electrons. The van der Waals surface area contributed by atoms with Crippen molar-refractivity contribution in [3.63, 3.8) is 0 Å². The molecule has 34 heavy (non-hydrogen) atoms. The molecule has 0 unspecified atom stereocenters. The van der Waals surface area contributed by atoms with Gasteiger partial charge >= 0.3 is 6.03 Å². The summed E-state index contributed by atoms with van der Waals surface area (Å²) in [6.45, 7) is 2.33. The number of aromatic nitrogens is 1. The highest BCUT2D eigenvalue weighted by Crippen LogP contribution is 2.25. The van der Waals surface area contributed by atoms with Crippen LogP contribution in [0.25, 0.3) is 10.8 Å². The zero-order valence-corrected chi connectivity index (χ0v) is 19.7. The van der Waals surface area contributed by atoms with E-state index in [1.54, 1.807) is 6.20 Å². The van der Waals surface area contributed by atoms with Gasteiger partial charge in [0.2, 0.25) is 5.91 Å². The van der Waals surface area contributed by atoms with Gasteiger partial charge in [-0.2, -0.15) is 0 Å². The highest BCUT2D eigenvalue weighted by atomic mass is 16.2. The Morgan fingerprint density at radius 1 is 0.971 bits per heavy atom. The molecule has 2 heterocycles. The lowest BCUT2D eigenvalue weighted by Gasteiger charge is -2.32. The number of amides is 3. The number of fused-ring (bicyclic) bond motifs is 1. The van der Waals surface area contributed by atoms with Crippen LogP contribution in [-0.2, 0) is 11.2 Å². The van der Waals surface area contributed by atoms with E-state index in [0.29, 0.717) is 12.3 Å². The van der Waals surface area contributed by atoms with Crippen LogP contribution in [0.15, 0.2) is 67.0 Å². The van der Waals surface area contributed by atoms with Crippen LogP contribution in [0, 0.1) is 5.92 Å². The number of piperidine rings is 1. The van der Waals surface area contributed by atoms with Crippen molar-refractivity contribution in [2.45, 2.75) is 44.9 Å². The molecule has 1 fully saturated rings. The molecule has 1 aromatic heterocycles. The van der Waals surface area contributed by atoms with Crippen molar-refractivity contribution in [1.29, 1.82) is 0 Å². The molecule has 1 saturated heterocycles. The van der Waals surface area contributed by atoms with E-state index in [9.17, 15) is 9.59 Å². The van der Waals surface area contributed by atoms with Crippen molar-refractivity contribution in [3.8, 4) is 0 Å². The van der Waals surface area contributed by atoms with Crippen molar-refractivity contribution < 1.29 is 9.59 Å². The van der Waals surface area contributed by atoms with Gasteiger partial charge in [-0.1, -0.05) is 55.3 Å². The third-order valence-corrected chi connectivity index (χ3v) is 6.66. The van der Waals surface area contributed by atoms with Crippen LogP contribution in [-0.4, -0.2) is 41.5 Å². The molecule has 1 aliphatic heterocycles. The third-order valence-electron chi connectivity index (χ3n) is 6.66. The minimum Gasteiger partial charge on any atom is -0.356 e. The number of likely N-dealkylation sites (tertiary alicyclic amines) is 1. The van der Waals surface area contributed by atoms with Crippen LogP contribution in [0.2, 0.25) is 0 Å². The molecule has 0 aliphatic carbocycles. The van der Waals surface area contributed by atoms with Gasteiger partial charge in [0.05, 0.1) is 5.69 Å². The van der Waals surface area contributed by atoms with Gasteiger partial charge in [0, 0.05) is 43.8 Å². The maximum absolute atomic E-state index is 12.8. The normalized spacial score (nSPS) is 14.2. The Labute approximate surface area is 201 Å². The summed E-state index contributed by atoms with van der Waals surface area (Å²) in [5.41, 5.74) is 1.96. The fourth-order valence-electron chi connectivity index (χ4n) is 4.63. The van der Waals surface area contributed by atoms with Crippen molar-refractivity contribution >= 4 is 28.4 Å². The summed E-state index contributed by atoms with van der Waals surface area (Å²) in [4.78, 5) is 30.8. The van der Waals surface area contributed by atoms with Gasteiger partial charge in [0.25, 0.3) is 0 Å². The monoisotopic (exact) mass is 458 g/mol. The van der Waals surface area contributed by atoms with Crippen molar-refractivity contribution in [1.82, 2.24) is 15.2 Å². The van der Waals surface area contributed by atoms with Gasteiger partial charge in [-0.25, -0.2) is 4.79 Å². The molecule has 3 aromatic rings. The summed E-state index contributed by atoms with van der Waals surface area (Å²) in [7, 11) is 0. The van der Waals surface area contributed by atoms with E-state index in [4.69, 9.17) is 0 Å². The molecule has 1 aliphatic rings. The summed E-state index contributed by atoms with van der Waals surface area (Å²) in [5.74, 6) is 0.761. The Morgan fingerprint density at radius 3 is 2.62 bits per heavy atom. The van der Waals surface area contributed by atoms with E-state index < -0.39 is 0 Å². The van der Waals surface area contributed by atoms with Crippen molar-refractivity contribution in [2.75, 3.05) is 25.0 Å². The number of nitrogens with one attached hydrogen (secondary N) is 2. The SMILES string of the molecule is O=C(CCc1cccnc1)NCCCCC1CCN(C(=O)Nc2cccc3ccccc23)CC1. The van der Waals surface area contributed by atoms with Crippen molar-refractivity contribution in [2.24, 2.45) is 5.92 Å². The first kappa shape index (κ1) is 23.7. The molecule has 0 atom stereocenters.